The monoisotopic (exact) mass is 235 g/mol. The Morgan fingerprint density at radius 1 is 1.43 bits per heavy atom. The molecule has 0 aromatic carbocycles. The van der Waals surface area contributed by atoms with E-state index in [2.05, 4.69) is 20.1 Å². The molecule has 14 heavy (non-hydrogen) atoms. The Balaban J connectivity index is 3.87. The van der Waals surface area contributed by atoms with E-state index in [4.69, 9.17) is 0 Å². The quantitative estimate of drug-likeness (QED) is 0.660. The van der Waals surface area contributed by atoms with Gasteiger partial charge in [0, 0.05) is 24.8 Å². The van der Waals surface area contributed by atoms with Gasteiger partial charge in [-0.2, -0.15) is 0 Å². The van der Waals surface area contributed by atoms with Crippen molar-refractivity contribution in [3.05, 3.63) is 0 Å². The van der Waals surface area contributed by atoms with E-state index in [1.54, 1.807) is 15.7 Å². The van der Waals surface area contributed by atoms with Crippen molar-refractivity contribution in [3.63, 3.8) is 0 Å². The molecule has 0 radical (unpaired) electrons. The molecule has 0 aromatic rings. The lowest BCUT2D eigenvalue weighted by Gasteiger charge is -2.23. The molecule has 0 heterocycles. The molecular formula is C10H21NOS2. The minimum absolute atomic E-state index is 0.198. The van der Waals surface area contributed by atoms with E-state index >= 15 is 0 Å². The van der Waals surface area contributed by atoms with Crippen LogP contribution >= 0.6 is 21.6 Å². The van der Waals surface area contributed by atoms with Gasteiger partial charge in [-0.25, -0.2) is 0 Å². The van der Waals surface area contributed by atoms with Crippen LogP contribution in [0.25, 0.3) is 0 Å². The van der Waals surface area contributed by atoms with E-state index in [0.717, 1.165) is 13.0 Å². The molecule has 0 unspecified atom stereocenters. The van der Waals surface area contributed by atoms with Gasteiger partial charge in [0.15, 0.2) is 0 Å². The summed E-state index contributed by atoms with van der Waals surface area (Å²) < 4.78 is 0.198. The van der Waals surface area contributed by atoms with E-state index in [0.29, 0.717) is 6.42 Å². The van der Waals surface area contributed by atoms with Crippen molar-refractivity contribution in [1.82, 2.24) is 4.90 Å². The van der Waals surface area contributed by atoms with Crippen molar-refractivity contribution in [2.75, 3.05) is 19.8 Å². The number of carbonyl (C=O) groups is 1. The summed E-state index contributed by atoms with van der Waals surface area (Å²) in [6, 6.07) is 0. The number of carbonyl (C=O) groups excluding carboxylic acids is 1. The highest BCUT2D eigenvalue weighted by atomic mass is 33.1. The molecular weight excluding hydrogens is 214 g/mol. The lowest BCUT2D eigenvalue weighted by atomic mass is 10.1. The van der Waals surface area contributed by atoms with Crippen molar-refractivity contribution >= 4 is 27.5 Å². The van der Waals surface area contributed by atoms with Gasteiger partial charge in [0.2, 0.25) is 5.91 Å². The fraction of sp³-hybridized carbons (Fsp3) is 0.900. The van der Waals surface area contributed by atoms with Crippen molar-refractivity contribution < 1.29 is 4.79 Å². The van der Waals surface area contributed by atoms with Gasteiger partial charge >= 0.3 is 0 Å². The molecule has 0 aliphatic heterocycles. The third kappa shape index (κ3) is 5.81. The van der Waals surface area contributed by atoms with E-state index in [-0.39, 0.29) is 10.7 Å². The molecule has 0 saturated heterocycles. The van der Waals surface area contributed by atoms with E-state index < -0.39 is 0 Å². The van der Waals surface area contributed by atoms with Crippen LogP contribution in [0.2, 0.25) is 0 Å². The first-order valence-corrected chi connectivity index (χ1v) is 7.44. The highest BCUT2D eigenvalue weighted by Crippen LogP contribution is 2.37. The highest BCUT2D eigenvalue weighted by Gasteiger charge is 2.20. The molecule has 0 N–H and O–H groups in total. The van der Waals surface area contributed by atoms with Crippen LogP contribution in [0.1, 0.15) is 33.6 Å². The number of nitrogens with zero attached hydrogens (tertiary/aromatic N) is 1. The minimum atomic E-state index is 0.198. The minimum Gasteiger partial charge on any atom is -0.346 e. The zero-order chi connectivity index (χ0) is 11.2. The molecule has 0 atom stereocenters. The van der Waals surface area contributed by atoms with Crippen LogP contribution in [0.15, 0.2) is 0 Å². The molecule has 0 bridgehead atoms. The summed E-state index contributed by atoms with van der Waals surface area (Å²) in [6.07, 6.45) is 3.68. The second kappa shape index (κ2) is 6.62. The predicted octanol–water partition coefficient (Wildman–Crippen LogP) is 3.03. The number of rotatable bonds is 6. The standard InChI is InChI=1S/C10H21NOS2/c1-6-11(4)9(12)7-8-10(2,3)14-13-5/h6-8H2,1-5H3. The molecule has 0 spiro atoms. The van der Waals surface area contributed by atoms with Crippen molar-refractivity contribution in [2.45, 2.75) is 38.4 Å². The summed E-state index contributed by atoms with van der Waals surface area (Å²) >= 11 is 0. The summed E-state index contributed by atoms with van der Waals surface area (Å²) in [5.74, 6) is 0.252. The Labute approximate surface area is 95.6 Å². The smallest absolute Gasteiger partial charge is 0.222 e. The fourth-order valence-electron chi connectivity index (χ4n) is 1.04. The van der Waals surface area contributed by atoms with Gasteiger partial charge in [0.25, 0.3) is 0 Å². The first-order chi connectivity index (χ1) is 6.43. The Bertz CT molecular complexity index is 183. The van der Waals surface area contributed by atoms with Gasteiger partial charge in [0.05, 0.1) is 0 Å². The summed E-state index contributed by atoms with van der Waals surface area (Å²) in [5, 5.41) is 0. The van der Waals surface area contributed by atoms with Crippen LogP contribution in [0.4, 0.5) is 0 Å². The van der Waals surface area contributed by atoms with Crippen molar-refractivity contribution in [1.29, 1.82) is 0 Å². The summed E-state index contributed by atoms with van der Waals surface area (Å²) in [7, 11) is 5.47. The molecule has 0 saturated carbocycles. The Morgan fingerprint density at radius 3 is 2.43 bits per heavy atom. The average molecular weight is 235 g/mol. The van der Waals surface area contributed by atoms with Crippen LogP contribution in [0, 0.1) is 0 Å². The van der Waals surface area contributed by atoms with Gasteiger partial charge in [0.1, 0.15) is 0 Å². The lowest BCUT2D eigenvalue weighted by Crippen LogP contribution is -2.28. The summed E-state index contributed by atoms with van der Waals surface area (Å²) in [5.41, 5.74) is 0. The molecule has 0 fully saturated rings. The zero-order valence-electron chi connectivity index (χ0n) is 9.79. The van der Waals surface area contributed by atoms with E-state index in [9.17, 15) is 4.79 Å². The van der Waals surface area contributed by atoms with Gasteiger partial charge in [-0.05, 0) is 33.4 Å². The van der Waals surface area contributed by atoms with Gasteiger partial charge in [-0.3, -0.25) is 4.79 Å². The second-order valence-corrected chi connectivity index (χ2v) is 7.02. The maximum atomic E-state index is 11.5. The van der Waals surface area contributed by atoms with Gasteiger partial charge in [-0.15, -0.1) is 0 Å². The van der Waals surface area contributed by atoms with Crippen molar-refractivity contribution in [3.8, 4) is 0 Å². The highest BCUT2D eigenvalue weighted by molar-refractivity contribution is 8.76. The SMILES string of the molecule is CCN(C)C(=O)CCC(C)(C)SSC. The van der Waals surface area contributed by atoms with Crippen molar-refractivity contribution in [2.24, 2.45) is 0 Å². The van der Waals surface area contributed by atoms with Crippen LogP contribution in [0.3, 0.4) is 0 Å². The number of hydrogen-bond donors (Lipinski definition) is 0. The first kappa shape index (κ1) is 14.2. The normalized spacial score (nSPS) is 11.5. The largest absolute Gasteiger partial charge is 0.346 e. The molecule has 0 aromatic heterocycles. The average Bonchev–Trinajstić information content (AvgIpc) is 2.13. The number of amides is 1. The predicted molar refractivity (Wildman–Crippen MR) is 67.7 cm³/mol. The fourth-order valence-corrected chi connectivity index (χ4v) is 3.28. The first-order valence-electron chi connectivity index (χ1n) is 4.88. The maximum Gasteiger partial charge on any atom is 0.222 e. The molecule has 1 amide bonds. The van der Waals surface area contributed by atoms with Crippen LogP contribution in [-0.2, 0) is 4.79 Å². The summed E-state index contributed by atoms with van der Waals surface area (Å²) in [6.45, 7) is 7.18. The Hall–Kier alpha value is 0.170. The topological polar surface area (TPSA) is 20.3 Å². The Kier molecular flexibility index (Phi) is 6.70. The van der Waals surface area contributed by atoms with Gasteiger partial charge < -0.3 is 4.90 Å². The third-order valence-electron chi connectivity index (χ3n) is 2.15. The maximum absolute atomic E-state index is 11.5. The lowest BCUT2D eigenvalue weighted by molar-refractivity contribution is -0.129. The molecule has 0 aliphatic carbocycles. The van der Waals surface area contributed by atoms with E-state index in [1.807, 2.05) is 24.8 Å². The Morgan fingerprint density at radius 2 is 2.00 bits per heavy atom. The zero-order valence-corrected chi connectivity index (χ0v) is 11.4. The second-order valence-electron chi connectivity index (χ2n) is 3.92. The third-order valence-corrected chi connectivity index (χ3v) is 4.83. The molecule has 84 valence electrons. The van der Waals surface area contributed by atoms with Crippen LogP contribution in [0.5, 0.6) is 0 Å². The number of hydrogen-bond acceptors (Lipinski definition) is 3. The van der Waals surface area contributed by atoms with Gasteiger partial charge in [-0.1, -0.05) is 21.6 Å². The molecule has 0 aliphatic rings. The van der Waals surface area contributed by atoms with Crippen LogP contribution < -0.4 is 0 Å². The molecule has 0 rings (SSSR count). The molecule has 2 nitrogen and oxygen atoms in total. The van der Waals surface area contributed by atoms with E-state index in [1.165, 1.54) is 0 Å². The molecule has 4 heteroatoms. The van der Waals surface area contributed by atoms with Crippen LogP contribution in [-0.4, -0.2) is 35.4 Å². The summed E-state index contributed by atoms with van der Waals surface area (Å²) in [4.78, 5) is 13.3.